The van der Waals surface area contributed by atoms with E-state index in [1.165, 1.54) is 6.92 Å². The first-order valence-corrected chi connectivity index (χ1v) is 8.06. The number of rotatable bonds is 7. The number of nitrogens with one attached hydrogen (secondary N) is 2. The molecule has 128 valence electrons. The van der Waals surface area contributed by atoms with Crippen LogP contribution in [0.2, 0.25) is 0 Å². The maximum Gasteiger partial charge on any atom is 0.243 e. The number of carbonyl (C=O) groups excluding carboxylic acids is 2. The van der Waals surface area contributed by atoms with Crippen molar-refractivity contribution in [2.75, 3.05) is 0 Å². The molecule has 0 spiro atoms. The molecule has 6 heteroatoms. The molecule has 1 aromatic carbocycles. The van der Waals surface area contributed by atoms with Crippen molar-refractivity contribution in [3.63, 3.8) is 0 Å². The summed E-state index contributed by atoms with van der Waals surface area (Å²) in [6.45, 7) is 6.30. The molecule has 2 amide bonds. The van der Waals surface area contributed by atoms with Crippen LogP contribution in [0.3, 0.4) is 0 Å². The molecule has 0 aliphatic heterocycles. The molecule has 1 aromatic heterocycles. The fourth-order valence-corrected chi connectivity index (χ4v) is 2.50. The lowest BCUT2D eigenvalue weighted by Gasteiger charge is -2.21. The Labute approximate surface area is 142 Å². The SMILES string of the molecule is CC(=O)N[C@@H](C(=O)NCc1ccccc1Cn1cccn1)C(C)C. The van der Waals surface area contributed by atoms with Crippen LogP contribution in [0.5, 0.6) is 0 Å². The first kappa shape index (κ1) is 17.7. The molecule has 24 heavy (non-hydrogen) atoms. The van der Waals surface area contributed by atoms with Gasteiger partial charge >= 0.3 is 0 Å². The maximum atomic E-state index is 12.4. The highest BCUT2D eigenvalue weighted by atomic mass is 16.2. The van der Waals surface area contributed by atoms with Gasteiger partial charge in [0, 0.05) is 25.9 Å². The van der Waals surface area contributed by atoms with Crippen LogP contribution in [0.15, 0.2) is 42.7 Å². The predicted molar refractivity (Wildman–Crippen MR) is 92.1 cm³/mol. The molecule has 0 fully saturated rings. The van der Waals surface area contributed by atoms with Crippen LogP contribution in [0.25, 0.3) is 0 Å². The molecule has 0 aliphatic carbocycles. The van der Waals surface area contributed by atoms with Gasteiger partial charge in [0.05, 0.1) is 6.54 Å². The van der Waals surface area contributed by atoms with Gasteiger partial charge in [-0.1, -0.05) is 38.1 Å². The summed E-state index contributed by atoms with van der Waals surface area (Å²) in [7, 11) is 0. The highest BCUT2D eigenvalue weighted by Crippen LogP contribution is 2.11. The van der Waals surface area contributed by atoms with Gasteiger partial charge in [0.2, 0.25) is 11.8 Å². The summed E-state index contributed by atoms with van der Waals surface area (Å²) in [6, 6.07) is 9.28. The lowest BCUT2D eigenvalue weighted by Crippen LogP contribution is -2.48. The van der Waals surface area contributed by atoms with Crippen molar-refractivity contribution in [2.24, 2.45) is 5.92 Å². The lowest BCUT2D eigenvalue weighted by molar-refractivity contribution is -0.129. The Morgan fingerprint density at radius 3 is 2.46 bits per heavy atom. The monoisotopic (exact) mass is 328 g/mol. The minimum absolute atomic E-state index is 0.0215. The van der Waals surface area contributed by atoms with Gasteiger partial charge in [-0.15, -0.1) is 0 Å². The number of benzene rings is 1. The zero-order valence-corrected chi connectivity index (χ0v) is 14.3. The summed E-state index contributed by atoms with van der Waals surface area (Å²) in [6.07, 6.45) is 3.64. The summed E-state index contributed by atoms with van der Waals surface area (Å²) >= 11 is 0. The van der Waals surface area contributed by atoms with Gasteiger partial charge in [-0.2, -0.15) is 5.10 Å². The third-order valence-electron chi connectivity index (χ3n) is 3.77. The van der Waals surface area contributed by atoms with Crippen LogP contribution >= 0.6 is 0 Å². The normalized spacial score (nSPS) is 12.0. The largest absolute Gasteiger partial charge is 0.350 e. The first-order chi connectivity index (χ1) is 11.5. The Hall–Kier alpha value is -2.63. The number of nitrogens with zero attached hydrogens (tertiary/aromatic N) is 2. The van der Waals surface area contributed by atoms with Crippen molar-refractivity contribution in [2.45, 2.75) is 39.9 Å². The quantitative estimate of drug-likeness (QED) is 0.812. The van der Waals surface area contributed by atoms with E-state index in [0.29, 0.717) is 13.1 Å². The van der Waals surface area contributed by atoms with E-state index in [0.717, 1.165) is 11.1 Å². The topological polar surface area (TPSA) is 76.0 Å². The fourth-order valence-electron chi connectivity index (χ4n) is 2.50. The molecule has 0 radical (unpaired) electrons. The van der Waals surface area contributed by atoms with Gasteiger partial charge in [-0.05, 0) is 23.1 Å². The van der Waals surface area contributed by atoms with Gasteiger partial charge in [-0.25, -0.2) is 0 Å². The first-order valence-electron chi connectivity index (χ1n) is 8.06. The zero-order chi connectivity index (χ0) is 17.5. The summed E-state index contributed by atoms with van der Waals surface area (Å²) in [5.74, 6) is -0.356. The van der Waals surface area contributed by atoms with Crippen molar-refractivity contribution in [3.05, 3.63) is 53.9 Å². The average Bonchev–Trinajstić information content (AvgIpc) is 3.04. The number of carbonyl (C=O) groups is 2. The summed E-state index contributed by atoms with van der Waals surface area (Å²) in [4.78, 5) is 23.6. The van der Waals surface area contributed by atoms with E-state index in [9.17, 15) is 9.59 Å². The van der Waals surface area contributed by atoms with Gasteiger partial charge in [0.15, 0.2) is 0 Å². The second kappa shape index (κ2) is 8.29. The van der Waals surface area contributed by atoms with Crippen molar-refractivity contribution < 1.29 is 9.59 Å². The Balaban J connectivity index is 2.03. The Kier molecular flexibility index (Phi) is 6.12. The van der Waals surface area contributed by atoms with Crippen molar-refractivity contribution in [3.8, 4) is 0 Å². The highest BCUT2D eigenvalue weighted by molar-refractivity contribution is 5.87. The van der Waals surface area contributed by atoms with Gasteiger partial charge in [0.25, 0.3) is 0 Å². The number of hydrogen-bond acceptors (Lipinski definition) is 3. The van der Waals surface area contributed by atoms with E-state index in [1.807, 2.05) is 55.1 Å². The van der Waals surface area contributed by atoms with Crippen LogP contribution in [-0.4, -0.2) is 27.6 Å². The second-order valence-electron chi connectivity index (χ2n) is 6.11. The number of amides is 2. The smallest absolute Gasteiger partial charge is 0.243 e. The Morgan fingerprint density at radius 2 is 1.88 bits per heavy atom. The molecule has 0 unspecified atom stereocenters. The second-order valence-corrected chi connectivity index (χ2v) is 6.11. The molecule has 2 rings (SSSR count). The Morgan fingerprint density at radius 1 is 1.17 bits per heavy atom. The van der Waals surface area contributed by atoms with E-state index < -0.39 is 6.04 Å². The number of hydrogen-bond donors (Lipinski definition) is 2. The van der Waals surface area contributed by atoms with Crippen molar-refractivity contribution in [1.29, 1.82) is 0 Å². The van der Waals surface area contributed by atoms with Crippen LogP contribution in [0.4, 0.5) is 0 Å². The van der Waals surface area contributed by atoms with E-state index in [-0.39, 0.29) is 17.7 Å². The summed E-state index contributed by atoms with van der Waals surface area (Å²) < 4.78 is 1.84. The Bertz CT molecular complexity index is 680. The van der Waals surface area contributed by atoms with Crippen LogP contribution < -0.4 is 10.6 Å². The molecular formula is C18H24N4O2. The molecule has 0 saturated carbocycles. The molecule has 1 atom stereocenters. The molecule has 1 heterocycles. The van der Waals surface area contributed by atoms with E-state index in [2.05, 4.69) is 15.7 Å². The van der Waals surface area contributed by atoms with Crippen LogP contribution in [0.1, 0.15) is 31.9 Å². The van der Waals surface area contributed by atoms with Crippen molar-refractivity contribution >= 4 is 11.8 Å². The molecule has 0 saturated heterocycles. The van der Waals surface area contributed by atoms with Crippen LogP contribution in [0, 0.1) is 5.92 Å². The zero-order valence-electron chi connectivity index (χ0n) is 14.3. The van der Waals surface area contributed by atoms with Gasteiger partial charge in [0.1, 0.15) is 6.04 Å². The highest BCUT2D eigenvalue weighted by Gasteiger charge is 2.22. The third kappa shape index (κ3) is 4.94. The van der Waals surface area contributed by atoms with Gasteiger partial charge in [-0.3, -0.25) is 14.3 Å². The van der Waals surface area contributed by atoms with Crippen molar-refractivity contribution in [1.82, 2.24) is 20.4 Å². The molecule has 6 nitrogen and oxygen atoms in total. The minimum Gasteiger partial charge on any atom is -0.350 e. The molecule has 0 bridgehead atoms. The molecule has 2 N–H and O–H groups in total. The summed E-state index contributed by atoms with van der Waals surface area (Å²) in [5, 5.41) is 9.84. The van der Waals surface area contributed by atoms with Gasteiger partial charge < -0.3 is 10.6 Å². The standard InChI is InChI=1S/C18H24N4O2/c1-13(2)17(21-14(3)23)18(24)19-11-15-7-4-5-8-16(15)12-22-10-6-9-20-22/h4-10,13,17H,11-12H2,1-3H3,(H,19,24)(H,21,23)/t17-/m1/s1. The minimum atomic E-state index is -0.527. The number of aromatic nitrogens is 2. The summed E-state index contributed by atoms with van der Waals surface area (Å²) in [5.41, 5.74) is 2.13. The molecule has 2 aromatic rings. The fraction of sp³-hybridized carbons (Fsp3) is 0.389. The predicted octanol–water partition coefficient (Wildman–Crippen LogP) is 1.71. The van der Waals surface area contributed by atoms with E-state index in [4.69, 9.17) is 0 Å². The van der Waals surface area contributed by atoms with E-state index in [1.54, 1.807) is 6.20 Å². The van der Waals surface area contributed by atoms with E-state index >= 15 is 0 Å². The maximum absolute atomic E-state index is 12.4. The third-order valence-corrected chi connectivity index (χ3v) is 3.77. The average molecular weight is 328 g/mol. The van der Waals surface area contributed by atoms with Crippen LogP contribution in [-0.2, 0) is 22.7 Å². The molecule has 0 aliphatic rings. The lowest BCUT2D eigenvalue weighted by atomic mass is 10.0. The molecular weight excluding hydrogens is 304 g/mol.